The fraction of sp³-hybridized carbons (Fsp3) is 0.250. The quantitative estimate of drug-likeness (QED) is 0.166. The first-order valence-corrected chi connectivity index (χ1v) is 16.3. The monoisotopic (exact) mass is 842 g/mol. The van der Waals surface area contributed by atoms with E-state index in [4.69, 9.17) is 19.0 Å². The maximum Gasteiger partial charge on any atom is 0.181 e. The van der Waals surface area contributed by atoms with Gasteiger partial charge in [-0.2, -0.15) is 0 Å². The van der Waals surface area contributed by atoms with E-state index in [1.807, 2.05) is 104 Å². The fourth-order valence-electron chi connectivity index (χ4n) is 5.85. The van der Waals surface area contributed by atoms with Crippen molar-refractivity contribution in [2.45, 2.75) is 61.1 Å². The Morgan fingerprint density at radius 3 is 2.32 bits per heavy atom. The van der Waals surface area contributed by atoms with Crippen molar-refractivity contribution in [3.8, 4) is 22.5 Å². The molecule has 5 heterocycles. The van der Waals surface area contributed by atoms with Crippen LogP contribution >= 0.6 is 0 Å². The molecule has 3 aromatic carbocycles. The number of aromatic nitrogens is 4. The molecule has 0 N–H and O–H groups in total. The van der Waals surface area contributed by atoms with Gasteiger partial charge in [-0.05, 0) is 76.5 Å². The van der Waals surface area contributed by atoms with Gasteiger partial charge >= 0.3 is 0 Å². The molecule has 0 aliphatic carbocycles. The SMILES string of the molecule is [2H]C([2H])([2H])c1cnc(-c2[c-]cccc2)cc1C([2H])([2H])C(C)(C)C.[2H]C([2H])(c1ccc(-c2[c-]ccc3oc4c(ccn5c6ccccc6nc45)c23)nc1)C(C)(C)C.[Ir]. The molecule has 255 valence electrons. The van der Waals surface area contributed by atoms with E-state index in [1.165, 1.54) is 6.20 Å². The number of fused-ring (bicyclic) bond motifs is 7. The maximum absolute atomic E-state index is 8.53. The Hall–Kier alpha value is -4.64. The number of rotatable bonds is 4. The van der Waals surface area contributed by atoms with Crippen LogP contribution < -0.4 is 0 Å². The van der Waals surface area contributed by atoms with E-state index in [1.54, 1.807) is 39.1 Å². The van der Waals surface area contributed by atoms with Gasteiger partial charge in [0.05, 0.1) is 16.6 Å². The van der Waals surface area contributed by atoms with Crippen LogP contribution in [0.3, 0.4) is 0 Å². The molecular formula is C44H42IrN4O-2. The van der Waals surface area contributed by atoms with E-state index in [2.05, 4.69) is 22.1 Å². The van der Waals surface area contributed by atoms with Crippen molar-refractivity contribution >= 4 is 38.6 Å². The molecule has 0 aliphatic rings. The molecule has 50 heavy (non-hydrogen) atoms. The second kappa shape index (κ2) is 13.9. The van der Waals surface area contributed by atoms with E-state index in [0.29, 0.717) is 16.8 Å². The third-order valence-electron chi connectivity index (χ3n) is 7.81. The normalized spacial score (nSPS) is 14.8. The van der Waals surface area contributed by atoms with Crippen molar-refractivity contribution in [2.75, 3.05) is 0 Å². The minimum absolute atomic E-state index is 0. The number of hydrogen-bond donors (Lipinski definition) is 0. The van der Waals surface area contributed by atoms with E-state index in [-0.39, 0.29) is 31.2 Å². The Bertz CT molecular complexity index is 2710. The maximum atomic E-state index is 8.53. The van der Waals surface area contributed by atoms with Gasteiger partial charge in [-0.3, -0.25) is 4.40 Å². The Labute approximate surface area is 318 Å². The van der Waals surface area contributed by atoms with Crippen molar-refractivity contribution in [1.29, 1.82) is 0 Å². The van der Waals surface area contributed by atoms with Gasteiger partial charge in [0.1, 0.15) is 0 Å². The molecule has 5 nitrogen and oxygen atoms in total. The van der Waals surface area contributed by atoms with Crippen LogP contribution in [0.25, 0.3) is 61.1 Å². The molecule has 6 heteroatoms. The number of benzene rings is 3. The van der Waals surface area contributed by atoms with Crippen LogP contribution in [0, 0.1) is 29.8 Å². The minimum Gasteiger partial charge on any atom is -0.472 e. The number of imidazole rings is 1. The van der Waals surface area contributed by atoms with Crippen LogP contribution in [0.15, 0.2) is 108 Å². The number of nitrogens with zero attached hydrogens (tertiary/aromatic N) is 4. The van der Waals surface area contributed by atoms with E-state index < -0.39 is 30.4 Å². The Morgan fingerprint density at radius 1 is 0.820 bits per heavy atom. The predicted molar refractivity (Wildman–Crippen MR) is 202 cm³/mol. The first-order valence-electron chi connectivity index (χ1n) is 19.8. The zero-order valence-electron chi connectivity index (χ0n) is 35.8. The van der Waals surface area contributed by atoms with Crippen LogP contribution in [0.4, 0.5) is 0 Å². The summed E-state index contributed by atoms with van der Waals surface area (Å²) in [4.78, 5) is 13.6. The zero-order chi connectivity index (χ0) is 40.4. The summed E-state index contributed by atoms with van der Waals surface area (Å²) >= 11 is 0. The molecule has 0 unspecified atom stereocenters. The summed E-state index contributed by atoms with van der Waals surface area (Å²) in [5, 5.41) is 1.89. The van der Waals surface area contributed by atoms with E-state index in [0.717, 1.165) is 49.9 Å². The molecule has 1 radical (unpaired) electrons. The second-order valence-corrected chi connectivity index (χ2v) is 14.1. The molecule has 0 fully saturated rings. The van der Waals surface area contributed by atoms with Gasteiger partial charge < -0.3 is 14.4 Å². The van der Waals surface area contributed by atoms with Crippen molar-refractivity contribution in [3.05, 3.63) is 132 Å². The predicted octanol–water partition coefficient (Wildman–Crippen LogP) is 11.3. The summed E-state index contributed by atoms with van der Waals surface area (Å²) in [6, 6.07) is 32.6. The standard InChI is InChI=1S/C27H22N3O.C17H20N.Ir/c1-27(2,3)15-17-11-12-20(28-16-17)18-7-6-10-23-24(18)19-13-14-30-22-9-5-4-8-21(22)29-26(30)25(19)31-23;1-13-12-18-16(14-8-6-5-7-9-14)10-15(13)11-17(2,3)4;/h4-6,8-14,16H,15H2,1-3H3;5-8,10,12H,11H2,1-4H3;/q2*-1;/i15D2;1D3,11D2;. The first kappa shape index (κ1) is 27.1. The van der Waals surface area contributed by atoms with Crippen LogP contribution in [-0.2, 0) is 32.9 Å². The van der Waals surface area contributed by atoms with E-state index >= 15 is 0 Å². The molecule has 0 spiro atoms. The van der Waals surface area contributed by atoms with Crippen LogP contribution in [0.2, 0.25) is 0 Å². The molecule has 0 bridgehead atoms. The summed E-state index contributed by atoms with van der Waals surface area (Å²) in [5.41, 5.74) is 6.36. The van der Waals surface area contributed by atoms with Gasteiger partial charge in [-0.1, -0.05) is 88.9 Å². The first-order chi connectivity index (χ1) is 26.2. The fourth-order valence-corrected chi connectivity index (χ4v) is 5.85. The van der Waals surface area contributed by atoms with Crippen molar-refractivity contribution in [3.63, 3.8) is 0 Å². The van der Waals surface area contributed by atoms with E-state index in [9.17, 15) is 0 Å². The Morgan fingerprint density at radius 2 is 1.60 bits per heavy atom. The number of pyridine rings is 3. The number of para-hydroxylation sites is 2. The molecular weight excluding hydrogens is 793 g/mol. The third-order valence-corrected chi connectivity index (χ3v) is 7.81. The van der Waals surface area contributed by atoms with Crippen molar-refractivity contribution in [1.82, 2.24) is 19.4 Å². The summed E-state index contributed by atoms with van der Waals surface area (Å²) < 4.78 is 65.4. The second-order valence-electron chi connectivity index (χ2n) is 14.1. The molecule has 0 saturated heterocycles. The van der Waals surface area contributed by atoms with Gasteiger partial charge in [0, 0.05) is 48.3 Å². The van der Waals surface area contributed by atoms with Crippen molar-refractivity contribution < 1.29 is 34.1 Å². The Balaban J connectivity index is 0.000000203. The molecule has 8 aromatic rings. The van der Waals surface area contributed by atoms with Crippen molar-refractivity contribution in [2.24, 2.45) is 10.8 Å². The van der Waals surface area contributed by atoms with Gasteiger partial charge in [-0.15, -0.1) is 53.6 Å². The molecule has 0 atom stereocenters. The molecule has 0 saturated carbocycles. The molecule has 0 amide bonds. The summed E-state index contributed by atoms with van der Waals surface area (Å²) in [6.07, 6.45) is 1.61. The summed E-state index contributed by atoms with van der Waals surface area (Å²) in [7, 11) is 0. The van der Waals surface area contributed by atoms with Crippen LogP contribution in [0.1, 0.15) is 67.8 Å². The zero-order valence-corrected chi connectivity index (χ0v) is 31.2. The number of furan rings is 1. The van der Waals surface area contributed by atoms with Crippen LogP contribution in [-0.4, -0.2) is 19.4 Å². The average molecular weight is 842 g/mol. The van der Waals surface area contributed by atoms with Gasteiger partial charge in [0.2, 0.25) is 0 Å². The number of aryl methyl sites for hydroxylation is 1. The smallest absolute Gasteiger partial charge is 0.181 e. The summed E-state index contributed by atoms with van der Waals surface area (Å²) in [6.45, 7) is 8.54. The molecule has 8 rings (SSSR count). The van der Waals surface area contributed by atoms with Crippen LogP contribution in [0.5, 0.6) is 0 Å². The topological polar surface area (TPSA) is 56.2 Å². The molecule has 0 aliphatic heterocycles. The largest absolute Gasteiger partial charge is 0.472 e. The van der Waals surface area contributed by atoms with Gasteiger partial charge in [0.25, 0.3) is 0 Å². The van der Waals surface area contributed by atoms with Gasteiger partial charge in [-0.25, -0.2) is 4.98 Å². The number of hydrogen-bond acceptors (Lipinski definition) is 4. The minimum atomic E-state index is -2.42. The van der Waals surface area contributed by atoms with Gasteiger partial charge in [0.15, 0.2) is 11.2 Å². The summed E-state index contributed by atoms with van der Waals surface area (Å²) in [5.74, 6) is 0. The third kappa shape index (κ3) is 7.43. The Kier molecular flexibility index (Phi) is 7.56. The molecule has 5 aromatic heterocycles. The average Bonchev–Trinajstić information content (AvgIpc) is 3.73.